The second-order valence-corrected chi connectivity index (χ2v) is 5.06. The number of carbonyl (C=O) groups excluding carboxylic acids is 1. The van der Waals surface area contributed by atoms with Crippen LogP contribution < -0.4 is 0 Å². The van der Waals surface area contributed by atoms with Crippen LogP contribution in [-0.4, -0.2) is 16.9 Å². The summed E-state index contributed by atoms with van der Waals surface area (Å²) < 4.78 is 0. The Labute approximate surface area is 105 Å². The molecule has 3 atom stereocenters. The maximum Gasteiger partial charge on any atom is 0.335 e. The summed E-state index contributed by atoms with van der Waals surface area (Å²) in [5, 5.41) is 8.83. The predicted molar refractivity (Wildman–Crippen MR) is 66.6 cm³/mol. The lowest BCUT2D eigenvalue weighted by Gasteiger charge is -2.14. The van der Waals surface area contributed by atoms with Crippen LogP contribution >= 0.6 is 0 Å². The number of benzene rings is 1. The number of fused-ring (bicyclic) bond motifs is 2. The second kappa shape index (κ2) is 4.09. The molecule has 1 unspecified atom stereocenters. The van der Waals surface area contributed by atoms with Crippen molar-refractivity contribution in [2.75, 3.05) is 0 Å². The van der Waals surface area contributed by atoms with E-state index < -0.39 is 5.97 Å². The third kappa shape index (κ3) is 1.67. The Morgan fingerprint density at radius 1 is 0.944 bits per heavy atom. The molecule has 1 N–H and O–H groups in total. The Morgan fingerprint density at radius 2 is 1.44 bits per heavy atom. The van der Waals surface area contributed by atoms with E-state index in [-0.39, 0.29) is 17.3 Å². The van der Waals surface area contributed by atoms with Crippen molar-refractivity contribution < 1.29 is 14.7 Å². The molecule has 0 saturated heterocycles. The molecule has 3 heteroatoms. The number of carbonyl (C=O) groups is 2. The highest BCUT2D eigenvalue weighted by Gasteiger charge is 2.42. The Kier molecular flexibility index (Phi) is 2.54. The van der Waals surface area contributed by atoms with E-state index in [1.54, 1.807) is 12.1 Å². The lowest BCUT2D eigenvalue weighted by atomic mass is 9.88. The number of Topliss-reactive ketones (excluding diaryl/α,β-unsaturated/α-hetero) is 1. The van der Waals surface area contributed by atoms with E-state index in [1.165, 1.54) is 12.1 Å². The van der Waals surface area contributed by atoms with E-state index in [4.69, 9.17) is 5.11 Å². The molecular formula is C15H14O3. The fourth-order valence-electron chi connectivity index (χ4n) is 3.14. The van der Waals surface area contributed by atoms with Crippen LogP contribution in [0, 0.1) is 17.8 Å². The molecule has 0 radical (unpaired) electrons. The van der Waals surface area contributed by atoms with Gasteiger partial charge in [-0.2, -0.15) is 0 Å². The number of carboxylic acids is 1. The molecular weight excluding hydrogens is 228 g/mol. The maximum absolute atomic E-state index is 12.4. The summed E-state index contributed by atoms with van der Waals surface area (Å²) in [6.07, 6.45) is 6.51. The molecule has 0 spiro atoms. The molecule has 2 aliphatic carbocycles. The van der Waals surface area contributed by atoms with Crippen LogP contribution in [-0.2, 0) is 0 Å². The van der Waals surface area contributed by atoms with Gasteiger partial charge in [-0.1, -0.05) is 24.3 Å². The average Bonchev–Trinajstić information content (AvgIpc) is 2.98. The fraction of sp³-hybridized carbons (Fsp3) is 0.333. The van der Waals surface area contributed by atoms with E-state index in [0.717, 1.165) is 12.8 Å². The van der Waals surface area contributed by atoms with Gasteiger partial charge in [0.2, 0.25) is 0 Å². The first-order chi connectivity index (χ1) is 8.66. The van der Waals surface area contributed by atoms with Gasteiger partial charge < -0.3 is 5.11 Å². The number of carboxylic acid groups (broad SMARTS) is 1. The monoisotopic (exact) mass is 242 g/mol. The molecule has 0 aliphatic heterocycles. The molecule has 92 valence electrons. The zero-order valence-electron chi connectivity index (χ0n) is 9.87. The van der Waals surface area contributed by atoms with Gasteiger partial charge in [-0.05, 0) is 36.8 Å². The minimum Gasteiger partial charge on any atom is -0.478 e. The zero-order chi connectivity index (χ0) is 12.7. The Balaban J connectivity index is 1.83. The van der Waals surface area contributed by atoms with E-state index in [9.17, 15) is 9.59 Å². The van der Waals surface area contributed by atoms with E-state index >= 15 is 0 Å². The van der Waals surface area contributed by atoms with Crippen LogP contribution in [0.5, 0.6) is 0 Å². The van der Waals surface area contributed by atoms with Gasteiger partial charge in [0.25, 0.3) is 0 Å². The summed E-state index contributed by atoms with van der Waals surface area (Å²) in [6.45, 7) is 0. The molecule has 3 nitrogen and oxygen atoms in total. The van der Waals surface area contributed by atoms with Crippen molar-refractivity contribution in [3.63, 3.8) is 0 Å². The van der Waals surface area contributed by atoms with Gasteiger partial charge >= 0.3 is 5.97 Å². The van der Waals surface area contributed by atoms with Gasteiger partial charge in [0.05, 0.1) is 5.56 Å². The number of hydrogen-bond acceptors (Lipinski definition) is 2. The van der Waals surface area contributed by atoms with Gasteiger partial charge in [-0.3, -0.25) is 4.79 Å². The average molecular weight is 242 g/mol. The summed E-state index contributed by atoms with van der Waals surface area (Å²) in [7, 11) is 0. The molecule has 1 fully saturated rings. The van der Waals surface area contributed by atoms with Gasteiger partial charge in [-0.15, -0.1) is 0 Å². The first-order valence-corrected chi connectivity index (χ1v) is 6.23. The van der Waals surface area contributed by atoms with Crippen molar-refractivity contribution in [2.24, 2.45) is 17.8 Å². The molecule has 1 aromatic carbocycles. The van der Waals surface area contributed by atoms with E-state index in [1.807, 2.05) is 0 Å². The Morgan fingerprint density at radius 3 is 1.89 bits per heavy atom. The number of aromatic carboxylic acids is 1. The predicted octanol–water partition coefficient (Wildman–Crippen LogP) is 2.78. The third-order valence-corrected chi connectivity index (χ3v) is 4.08. The summed E-state index contributed by atoms with van der Waals surface area (Å²) in [6, 6.07) is 6.26. The van der Waals surface area contributed by atoms with Crippen molar-refractivity contribution in [1.29, 1.82) is 0 Å². The van der Waals surface area contributed by atoms with Crippen LogP contribution in [0.4, 0.5) is 0 Å². The standard InChI is InChI=1S/C15H14O3/c16-14(13-9-1-2-10(13)4-3-9)11-5-7-12(8-6-11)15(17)18/h1-2,5-10,13H,3-4H2,(H,17,18)/t9-,10+,13?. The highest BCUT2D eigenvalue weighted by atomic mass is 16.4. The summed E-state index contributed by atoms with van der Waals surface area (Å²) in [5.41, 5.74) is 0.852. The molecule has 18 heavy (non-hydrogen) atoms. The normalized spacial score (nSPS) is 28.6. The molecule has 2 aliphatic rings. The smallest absolute Gasteiger partial charge is 0.335 e. The minimum atomic E-state index is -0.961. The lowest BCUT2D eigenvalue weighted by molar-refractivity contribution is 0.0696. The van der Waals surface area contributed by atoms with E-state index in [0.29, 0.717) is 17.4 Å². The largest absolute Gasteiger partial charge is 0.478 e. The number of hydrogen-bond donors (Lipinski definition) is 1. The number of allylic oxidation sites excluding steroid dienone is 2. The molecule has 1 aromatic rings. The Hall–Kier alpha value is -1.90. The molecule has 2 bridgehead atoms. The van der Waals surface area contributed by atoms with Gasteiger partial charge in [0.1, 0.15) is 0 Å². The van der Waals surface area contributed by atoms with Crippen molar-refractivity contribution in [1.82, 2.24) is 0 Å². The van der Waals surface area contributed by atoms with Crippen molar-refractivity contribution in [3.05, 3.63) is 47.5 Å². The molecule has 3 rings (SSSR count). The van der Waals surface area contributed by atoms with Crippen molar-refractivity contribution in [2.45, 2.75) is 12.8 Å². The van der Waals surface area contributed by atoms with Gasteiger partial charge in [0, 0.05) is 11.5 Å². The summed E-state index contributed by atoms with van der Waals surface area (Å²) in [5.74, 6) is 0.0602. The van der Waals surface area contributed by atoms with Gasteiger partial charge in [0.15, 0.2) is 5.78 Å². The zero-order valence-corrected chi connectivity index (χ0v) is 9.87. The Bertz CT molecular complexity index is 513. The third-order valence-electron chi connectivity index (χ3n) is 4.08. The topological polar surface area (TPSA) is 54.4 Å². The highest BCUT2D eigenvalue weighted by Crippen LogP contribution is 2.45. The lowest BCUT2D eigenvalue weighted by Crippen LogP contribution is -2.19. The first kappa shape index (κ1) is 11.2. The van der Waals surface area contributed by atoms with Crippen LogP contribution in [0.1, 0.15) is 33.6 Å². The maximum atomic E-state index is 12.4. The molecule has 0 heterocycles. The van der Waals surface area contributed by atoms with Crippen LogP contribution in [0.3, 0.4) is 0 Å². The van der Waals surface area contributed by atoms with Crippen molar-refractivity contribution >= 4 is 11.8 Å². The van der Waals surface area contributed by atoms with Crippen LogP contribution in [0.25, 0.3) is 0 Å². The molecule has 0 amide bonds. The fourth-order valence-corrected chi connectivity index (χ4v) is 3.14. The quantitative estimate of drug-likeness (QED) is 0.655. The first-order valence-electron chi connectivity index (χ1n) is 6.23. The summed E-state index contributed by atoms with van der Waals surface area (Å²) >= 11 is 0. The second-order valence-electron chi connectivity index (χ2n) is 5.06. The van der Waals surface area contributed by atoms with Crippen molar-refractivity contribution in [3.8, 4) is 0 Å². The minimum absolute atomic E-state index is 0.0840. The van der Waals surface area contributed by atoms with Crippen LogP contribution in [0.2, 0.25) is 0 Å². The molecule has 1 saturated carbocycles. The van der Waals surface area contributed by atoms with Crippen LogP contribution in [0.15, 0.2) is 36.4 Å². The number of ketones is 1. The SMILES string of the molecule is O=C(O)c1ccc(C(=O)C2[C@@H]3C=C[C@H]2CC3)cc1. The number of rotatable bonds is 3. The molecule has 0 aromatic heterocycles. The summed E-state index contributed by atoms with van der Waals surface area (Å²) in [4.78, 5) is 23.2. The van der Waals surface area contributed by atoms with Gasteiger partial charge in [-0.25, -0.2) is 4.79 Å². The van der Waals surface area contributed by atoms with E-state index in [2.05, 4.69) is 12.2 Å². The highest BCUT2D eigenvalue weighted by molar-refractivity contribution is 6.00.